The number of aliphatic hydroxyl groups excluding tert-OH is 1. The molecule has 16 heavy (non-hydrogen) atoms. The van der Waals surface area contributed by atoms with Gasteiger partial charge >= 0.3 is 0 Å². The zero-order chi connectivity index (χ0) is 11.0. The van der Waals surface area contributed by atoms with Gasteiger partial charge in [-0.3, -0.25) is 4.98 Å². The number of aliphatic hydroxyl groups is 1. The molecule has 2 aromatic heterocycles. The van der Waals surface area contributed by atoms with Crippen molar-refractivity contribution in [3.05, 3.63) is 48.3 Å². The van der Waals surface area contributed by atoms with Gasteiger partial charge in [-0.15, -0.1) is 0 Å². The Morgan fingerprint density at radius 1 is 0.938 bits per heavy atom. The quantitative estimate of drug-likeness (QED) is 0.627. The van der Waals surface area contributed by atoms with Gasteiger partial charge in [0.05, 0.1) is 23.3 Å². The number of hydrogen-bond donors (Lipinski definition) is 1. The third-order valence-electron chi connectivity index (χ3n) is 2.65. The average molecular weight is 210 g/mol. The van der Waals surface area contributed by atoms with Gasteiger partial charge in [-0.1, -0.05) is 24.3 Å². The molecule has 78 valence electrons. The minimum Gasteiger partial charge on any atom is -0.390 e. The topological polar surface area (TPSA) is 46.0 Å². The van der Waals surface area contributed by atoms with Crippen LogP contribution in [0.25, 0.3) is 21.8 Å². The minimum absolute atomic E-state index is 0.0425. The van der Waals surface area contributed by atoms with Crippen LogP contribution < -0.4 is 0 Å². The lowest BCUT2D eigenvalue weighted by atomic mass is 10.1. The lowest BCUT2D eigenvalue weighted by molar-refractivity contribution is 0.277. The first-order valence-electron chi connectivity index (χ1n) is 5.13. The molecule has 0 saturated carbocycles. The Morgan fingerprint density at radius 3 is 2.50 bits per heavy atom. The van der Waals surface area contributed by atoms with E-state index in [9.17, 15) is 0 Å². The fraction of sp³-hybridized carbons (Fsp3) is 0.0769. The Bertz CT molecular complexity index is 664. The average Bonchev–Trinajstić information content (AvgIpc) is 2.38. The van der Waals surface area contributed by atoms with Crippen LogP contribution in [0, 0.1) is 0 Å². The van der Waals surface area contributed by atoms with Crippen LogP contribution in [0.2, 0.25) is 0 Å². The fourth-order valence-electron chi connectivity index (χ4n) is 1.85. The molecule has 3 rings (SSSR count). The number of aromatic nitrogens is 2. The molecule has 0 fully saturated rings. The summed E-state index contributed by atoms with van der Waals surface area (Å²) < 4.78 is 0. The van der Waals surface area contributed by atoms with E-state index in [1.54, 1.807) is 6.20 Å². The first-order valence-corrected chi connectivity index (χ1v) is 5.13. The van der Waals surface area contributed by atoms with Crippen LogP contribution in [0.3, 0.4) is 0 Å². The van der Waals surface area contributed by atoms with Gasteiger partial charge in [-0.25, -0.2) is 4.98 Å². The Balaban J connectivity index is 2.47. The normalized spacial score (nSPS) is 11.1. The predicted molar refractivity (Wildman–Crippen MR) is 63.0 cm³/mol. The van der Waals surface area contributed by atoms with Gasteiger partial charge in [-0.05, 0) is 12.1 Å². The van der Waals surface area contributed by atoms with Crippen LogP contribution in [-0.4, -0.2) is 15.1 Å². The molecule has 0 saturated heterocycles. The summed E-state index contributed by atoms with van der Waals surface area (Å²) >= 11 is 0. The maximum atomic E-state index is 9.09. The molecular weight excluding hydrogens is 200 g/mol. The predicted octanol–water partition coefficient (Wildman–Crippen LogP) is 2.28. The lowest BCUT2D eigenvalue weighted by Gasteiger charge is -2.03. The van der Waals surface area contributed by atoms with E-state index in [0.717, 1.165) is 21.8 Å². The molecule has 3 nitrogen and oxygen atoms in total. The number of pyridine rings is 2. The molecule has 0 aliphatic rings. The number of nitrogens with zero attached hydrogens (tertiary/aromatic N) is 2. The van der Waals surface area contributed by atoms with Crippen LogP contribution in [0.4, 0.5) is 0 Å². The van der Waals surface area contributed by atoms with E-state index in [2.05, 4.69) is 9.97 Å². The highest BCUT2D eigenvalue weighted by molar-refractivity contribution is 6.02. The zero-order valence-corrected chi connectivity index (χ0v) is 8.59. The third kappa shape index (κ3) is 1.33. The standard InChI is InChI=1S/C13H10N2O/c16-8-11-6-5-10-4-3-9-2-1-7-14-12(9)13(10)15-11/h1-7,16H,8H2. The summed E-state index contributed by atoms with van der Waals surface area (Å²) in [5.41, 5.74) is 2.41. The first-order chi connectivity index (χ1) is 7.88. The molecule has 0 aliphatic carbocycles. The van der Waals surface area contributed by atoms with Gasteiger partial charge < -0.3 is 5.11 Å². The van der Waals surface area contributed by atoms with Crippen LogP contribution in [-0.2, 0) is 6.61 Å². The molecular formula is C13H10N2O. The van der Waals surface area contributed by atoms with Gasteiger partial charge in [0.1, 0.15) is 0 Å². The molecule has 0 spiro atoms. The summed E-state index contributed by atoms with van der Waals surface area (Å²) in [5, 5.41) is 11.2. The van der Waals surface area contributed by atoms with E-state index in [1.165, 1.54) is 0 Å². The number of benzene rings is 1. The van der Waals surface area contributed by atoms with E-state index >= 15 is 0 Å². The Hall–Kier alpha value is -2.00. The molecule has 3 heteroatoms. The maximum absolute atomic E-state index is 9.09. The Kier molecular flexibility index (Phi) is 2.04. The molecule has 0 unspecified atom stereocenters. The van der Waals surface area contributed by atoms with Crippen molar-refractivity contribution in [1.29, 1.82) is 0 Å². The largest absolute Gasteiger partial charge is 0.390 e. The summed E-state index contributed by atoms with van der Waals surface area (Å²) in [6.07, 6.45) is 1.76. The zero-order valence-electron chi connectivity index (χ0n) is 8.59. The third-order valence-corrected chi connectivity index (χ3v) is 2.65. The van der Waals surface area contributed by atoms with Gasteiger partial charge in [0.2, 0.25) is 0 Å². The van der Waals surface area contributed by atoms with Crippen LogP contribution in [0.15, 0.2) is 42.6 Å². The second-order valence-corrected chi connectivity index (χ2v) is 3.67. The number of rotatable bonds is 1. The van der Waals surface area contributed by atoms with E-state index in [-0.39, 0.29) is 6.61 Å². The molecule has 1 aromatic carbocycles. The summed E-state index contributed by atoms with van der Waals surface area (Å²) in [5.74, 6) is 0. The molecule has 0 aliphatic heterocycles. The fourth-order valence-corrected chi connectivity index (χ4v) is 1.85. The maximum Gasteiger partial charge on any atom is 0.0968 e. The summed E-state index contributed by atoms with van der Waals surface area (Å²) in [6.45, 7) is -0.0425. The molecule has 0 amide bonds. The van der Waals surface area contributed by atoms with Crippen molar-refractivity contribution >= 4 is 21.8 Å². The van der Waals surface area contributed by atoms with E-state index in [4.69, 9.17) is 5.11 Å². The smallest absolute Gasteiger partial charge is 0.0968 e. The lowest BCUT2D eigenvalue weighted by Crippen LogP contribution is -1.91. The van der Waals surface area contributed by atoms with Crippen molar-refractivity contribution in [3.63, 3.8) is 0 Å². The minimum atomic E-state index is -0.0425. The second kappa shape index (κ2) is 3.54. The van der Waals surface area contributed by atoms with Gasteiger partial charge in [0, 0.05) is 17.0 Å². The van der Waals surface area contributed by atoms with Gasteiger partial charge in [0.25, 0.3) is 0 Å². The molecule has 2 heterocycles. The van der Waals surface area contributed by atoms with Gasteiger partial charge in [0.15, 0.2) is 0 Å². The summed E-state index contributed by atoms with van der Waals surface area (Å²) in [6, 6.07) is 11.8. The first kappa shape index (κ1) is 9.24. The number of hydrogen-bond acceptors (Lipinski definition) is 3. The second-order valence-electron chi connectivity index (χ2n) is 3.67. The van der Waals surface area contributed by atoms with Crippen molar-refractivity contribution < 1.29 is 5.11 Å². The van der Waals surface area contributed by atoms with E-state index < -0.39 is 0 Å². The molecule has 0 bridgehead atoms. The number of fused-ring (bicyclic) bond motifs is 3. The Morgan fingerprint density at radius 2 is 1.69 bits per heavy atom. The van der Waals surface area contributed by atoms with Crippen molar-refractivity contribution in [2.75, 3.05) is 0 Å². The van der Waals surface area contributed by atoms with Crippen LogP contribution in [0.5, 0.6) is 0 Å². The van der Waals surface area contributed by atoms with Crippen molar-refractivity contribution in [1.82, 2.24) is 9.97 Å². The van der Waals surface area contributed by atoms with Crippen molar-refractivity contribution in [3.8, 4) is 0 Å². The highest BCUT2D eigenvalue weighted by atomic mass is 16.3. The van der Waals surface area contributed by atoms with Gasteiger partial charge in [-0.2, -0.15) is 0 Å². The molecule has 0 atom stereocenters. The van der Waals surface area contributed by atoms with Crippen molar-refractivity contribution in [2.24, 2.45) is 0 Å². The van der Waals surface area contributed by atoms with E-state index in [0.29, 0.717) is 5.69 Å². The highest BCUT2D eigenvalue weighted by Crippen LogP contribution is 2.21. The monoisotopic (exact) mass is 210 g/mol. The summed E-state index contributed by atoms with van der Waals surface area (Å²) in [7, 11) is 0. The SMILES string of the molecule is OCc1ccc2ccc3cccnc3c2n1. The van der Waals surface area contributed by atoms with E-state index in [1.807, 2.05) is 36.4 Å². The molecule has 1 N–H and O–H groups in total. The van der Waals surface area contributed by atoms with Crippen LogP contribution in [0.1, 0.15) is 5.69 Å². The summed E-state index contributed by atoms with van der Waals surface area (Å²) in [4.78, 5) is 8.75. The Labute approximate surface area is 92.4 Å². The highest BCUT2D eigenvalue weighted by Gasteiger charge is 2.03. The van der Waals surface area contributed by atoms with Crippen molar-refractivity contribution in [2.45, 2.75) is 6.61 Å². The molecule has 0 radical (unpaired) electrons. The van der Waals surface area contributed by atoms with Crippen LogP contribution >= 0.6 is 0 Å². The molecule has 3 aromatic rings.